The summed E-state index contributed by atoms with van der Waals surface area (Å²) < 4.78 is 18.0. The molecule has 238 valence electrons. The maximum atomic E-state index is 9.60. The fraction of sp³-hybridized carbons (Fsp3) is 0.0222. The third kappa shape index (κ3) is 3.77. The van der Waals surface area contributed by atoms with E-state index in [4.69, 9.17) is 14.2 Å². The topological polar surface area (TPSA) is 83.8 Å². The van der Waals surface area contributed by atoms with Gasteiger partial charge >= 0.3 is 0 Å². The maximum absolute atomic E-state index is 9.60. The second-order valence-electron chi connectivity index (χ2n) is 13.2. The first-order chi connectivity index (χ1) is 25.2. The van der Waals surface area contributed by atoms with Crippen LogP contribution in [0.25, 0.3) is 98.9 Å². The van der Waals surface area contributed by atoms with Crippen molar-refractivity contribution in [1.82, 2.24) is 9.13 Å². The maximum Gasteiger partial charge on any atom is 0.145 e. The number of hydrogen-bond donors (Lipinski definition) is 1. The first-order valence-electron chi connectivity index (χ1n) is 17.0. The highest BCUT2D eigenvalue weighted by molar-refractivity contribution is 6.29. The summed E-state index contributed by atoms with van der Waals surface area (Å²) in [4.78, 5) is 0. The van der Waals surface area contributed by atoms with Crippen molar-refractivity contribution in [1.29, 1.82) is 10.7 Å². The molecule has 0 aliphatic heterocycles. The van der Waals surface area contributed by atoms with Crippen molar-refractivity contribution in [2.24, 2.45) is 0 Å². The van der Waals surface area contributed by atoms with Crippen LogP contribution in [0, 0.1) is 16.7 Å². The van der Waals surface area contributed by atoms with E-state index in [0.29, 0.717) is 12.0 Å². The molecule has 4 aromatic heterocycles. The summed E-state index contributed by atoms with van der Waals surface area (Å²) in [6, 6.07) is 48.3. The molecule has 0 saturated carbocycles. The number of hydrogen-bond acceptors (Lipinski definition) is 4. The van der Waals surface area contributed by atoms with Gasteiger partial charge in [0.25, 0.3) is 0 Å². The van der Waals surface area contributed by atoms with Gasteiger partial charge in [-0.3, -0.25) is 0 Å². The van der Waals surface area contributed by atoms with Crippen LogP contribution in [0.15, 0.2) is 142 Å². The Morgan fingerprint density at radius 3 is 1.51 bits per heavy atom. The molecule has 0 amide bonds. The van der Waals surface area contributed by atoms with Crippen LogP contribution in [0.5, 0.6) is 0 Å². The number of benzene rings is 7. The summed E-state index contributed by atoms with van der Waals surface area (Å²) in [7, 11) is 0. The average molecular weight is 655 g/mol. The third-order valence-electron chi connectivity index (χ3n) is 10.5. The Hall–Kier alpha value is -7.10. The van der Waals surface area contributed by atoms with Gasteiger partial charge in [-0.05, 0) is 96.7 Å². The molecule has 11 aromatic rings. The SMILES string of the molecule is N#Cc1ccc(-n2c3cc4c5c6oc7ccccc7c6ccc5n(-c5ccc(CC=N)cc5)c4cc3c3c4oc5ccccc5c4ccc32)cc1. The lowest BCUT2D eigenvalue weighted by atomic mass is 10.0. The van der Waals surface area contributed by atoms with Crippen molar-refractivity contribution in [3.05, 3.63) is 145 Å². The van der Waals surface area contributed by atoms with Gasteiger partial charge in [0.05, 0.1) is 44.5 Å². The molecule has 0 radical (unpaired) electrons. The van der Waals surface area contributed by atoms with E-state index < -0.39 is 0 Å². The molecule has 7 aromatic carbocycles. The monoisotopic (exact) mass is 654 g/mol. The smallest absolute Gasteiger partial charge is 0.145 e. The molecule has 0 aliphatic carbocycles. The highest BCUT2D eigenvalue weighted by Crippen LogP contribution is 2.46. The molecule has 6 nitrogen and oxygen atoms in total. The highest BCUT2D eigenvalue weighted by atomic mass is 16.3. The first-order valence-corrected chi connectivity index (χ1v) is 17.0. The minimum Gasteiger partial charge on any atom is -0.455 e. The first kappa shape index (κ1) is 27.8. The molecule has 1 N–H and O–H groups in total. The number of aromatic nitrogens is 2. The lowest BCUT2D eigenvalue weighted by Gasteiger charge is -2.10. The van der Waals surface area contributed by atoms with Crippen molar-refractivity contribution in [3.8, 4) is 17.4 Å². The minimum atomic E-state index is 0.593. The van der Waals surface area contributed by atoms with Crippen molar-refractivity contribution < 1.29 is 8.83 Å². The van der Waals surface area contributed by atoms with Gasteiger partial charge in [0, 0.05) is 50.1 Å². The molecule has 6 heteroatoms. The number of fused-ring (bicyclic) bond motifs is 14. The normalized spacial score (nSPS) is 12.1. The van der Waals surface area contributed by atoms with Gasteiger partial charge in [0.15, 0.2) is 0 Å². The van der Waals surface area contributed by atoms with Gasteiger partial charge < -0.3 is 23.4 Å². The largest absolute Gasteiger partial charge is 0.455 e. The van der Waals surface area contributed by atoms with Crippen LogP contribution in [-0.4, -0.2) is 15.3 Å². The third-order valence-corrected chi connectivity index (χ3v) is 10.5. The Morgan fingerprint density at radius 2 is 1.02 bits per heavy atom. The second-order valence-corrected chi connectivity index (χ2v) is 13.2. The number of para-hydroxylation sites is 2. The number of nitrogens with one attached hydrogen (secondary N) is 1. The van der Waals surface area contributed by atoms with Crippen molar-refractivity contribution >= 4 is 93.7 Å². The molecule has 0 unspecified atom stereocenters. The summed E-state index contributed by atoms with van der Waals surface area (Å²) in [6.45, 7) is 0. The van der Waals surface area contributed by atoms with E-state index >= 15 is 0 Å². The Balaban J connectivity index is 1.35. The summed E-state index contributed by atoms with van der Waals surface area (Å²) >= 11 is 0. The predicted molar refractivity (Wildman–Crippen MR) is 207 cm³/mol. The van der Waals surface area contributed by atoms with Crippen LogP contribution >= 0.6 is 0 Å². The summed E-state index contributed by atoms with van der Waals surface area (Å²) in [5, 5.41) is 25.8. The minimum absolute atomic E-state index is 0.593. The van der Waals surface area contributed by atoms with Gasteiger partial charge in [-0.25, -0.2) is 0 Å². The van der Waals surface area contributed by atoms with Gasteiger partial charge in [-0.15, -0.1) is 0 Å². The number of nitriles is 1. The molecular weight excluding hydrogens is 629 g/mol. The summed E-state index contributed by atoms with van der Waals surface area (Å²) in [5.74, 6) is 0. The molecule has 0 spiro atoms. The molecule has 0 aliphatic rings. The molecule has 0 fully saturated rings. The molecule has 0 saturated heterocycles. The molecule has 11 rings (SSSR count). The molecule has 0 bridgehead atoms. The Morgan fingerprint density at radius 1 is 0.529 bits per heavy atom. The van der Waals surface area contributed by atoms with E-state index in [1.54, 1.807) is 0 Å². The quantitative estimate of drug-likeness (QED) is 0.192. The Labute approximate surface area is 290 Å². The van der Waals surface area contributed by atoms with Gasteiger partial charge in [0.1, 0.15) is 22.3 Å². The number of rotatable bonds is 4. The zero-order chi connectivity index (χ0) is 33.8. The van der Waals surface area contributed by atoms with Crippen LogP contribution in [0.4, 0.5) is 0 Å². The average Bonchev–Trinajstić information content (AvgIpc) is 3.91. The van der Waals surface area contributed by atoms with Crippen molar-refractivity contribution in [3.63, 3.8) is 0 Å². The molecule has 0 atom stereocenters. The fourth-order valence-electron chi connectivity index (χ4n) is 8.20. The van der Waals surface area contributed by atoms with Crippen LogP contribution in [-0.2, 0) is 6.42 Å². The standard InChI is InChI=1S/C45H26N4O2/c46-22-21-26-9-13-28(14-10-26)48-36-19-17-32-30-5-1-3-7-40(30)50-44(32)42(36)34-24-39-35(23-38(34)48)43-37(49(39)29-15-11-27(25-47)12-16-29)20-18-33-31-6-2-4-8-41(31)51-45(33)43/h1-20,22-24,46H,21H2. The second kappa shape index (κ2) is 10.2. The summed E-state index contributed by atoms with van der Waals surface area (Å²) in [5.41, 5.74) is 11.3. The number of nitrogens with zero attached hydrogens (tertiary/aromatic N) is 3. The van der Waals surface area contributed by atoms with Crippen LogP contribution in [0.1, 0.15) is 11.1 Å². The van der Waals surface area contributed by atoms with Crippen LogP contribution in [0.3, 0.4) is 0 Å². The lowest BCUT2D eigenvalue weighted by Crippen LogP contribution is -1.95. The zero-order valence-corrected chi connectivity index (χ0v) is 27.1. The fourth-order valence-corrected chi connectivity index (χ4v) is 8.20. The highest BCUT2D eigenvalue weighted by Gasteiger charge is 2.24. The lowest BCUT2D eigenvalue weighted by molar-refractivity contribution is 0.672. The van der Waals surface area contributed by atoms with Gasteiger partial charge in [-0.1, -0.05) is 48.5 Å². The van der Waals surface area contributed by atoms with E-state index in [9.17, 15) is 5.26 Å². The van der Waals surface area contributed by atoms with E-state index in [2.05, 4.69) is 100 Å². The zero-order valence-electron chi connectivity index (χ0n) is 27.1. The van der Waals surface area contributed by atoms with Crippen LogP contribution < -0.4 is 0 Å². The van der Waals surface area contributed by atoms with Crippen molar-refractivity contribution in [2.75, 3.05) is 0 Å². The Kier molecular flexibility index (Phi) is 5.57. The van der Waals surface area contributed by atoms with E-state index in [1.165, 1.54) is 6.21 Å². The molecule has 51 heavy (non-hydrogen) atoms. The van der Waals surface area contributed by atoms with Gasteiger partial charge in [-0.2, -0.15) is 5.26 Å². The summed E-state index contributed by atoms with van der Waals surface area (Å²) in [6.07, 6.45) is 2.03. The van der Waals surface area contributed by atoms with Crippen LogP contribution in [0.2, 0.25) is 0 Å². The van der Waals surface area contributed by atoms with E-state index in [1.807, 2.05) is 48.5 Å². The number of furan rings is 2. The van der Waals surface area contributed by atoms with E-state index in [0.717, 1.165) is 104 Å². The predicted octanol–water partition coefficient (Wildman–Crippen LogP) is 11.7. The van der Waals surface area contributed by atoms with Gasteiger partial charge in [0.2, 0.25) is 0 Å². The molecule has 4 heterocycles. The molecular formula is C45H26N4O2. The van der Waals surface area contributed by atoms with E-state index in [-0.39, 0.29) is 0 Å². The van der Waals surface area contributed by atoms with Crippen molar-refractivity contribution in [2.45, 2.75) is 6.42 Å². The Bertz CT molecular complexity index is 3290.